The summed E-state index contributed by atoms with van der Waals surface area (Å²) in [6, 6.07) is 0.389. The van der Waals surface area contributed by atoms with Crippen LogP contribution in [0.25, 0.3) is 11.0 Å². The second-order valence-corrected chi connectivity index (χ2v) is 5.47. The molecule has 0 aromatic carbocycles. The van der Waals surface area contributed by atoms with Crippen LogP contribution < -0.4 is 10.6 Å². The van der Waals surface area contributed by atoms with Crippen LogP contribution in [0.3, 0.4) is 0 Å². The molecule has 2 aromatic rings. The molecule has 0 spiro atoms. The number of aryl methyl sites for hydroxylation is 1. The van der Waals surface area contributed by atoms with E-state index < -0.39 is 0 Å². The number of hydrogen-bond donors (Lipinski definition) is 2. The maximum absolute atomic E-state index is 11.9. The number of pyridine rings is 1. The Labute approximate surface area is 123 Å². The quantitative estimate of drug-likeness (QED) is 0.839. The lowest BCUT2D eigenvalue weighted by Crippen LogP contribution is -2.35. The van der Waals surface area contributed by atoms with E-state index in [1.807, 2.05) is 17.8 Å². The first-order valence-corrected chi connectivity index (χ1v) is 7.53. The van der Waals surface area contributed by atoms with Crippen molar-refractivity contribution < 1.29 is 4.79 Å². The molecule has 0 radical (unpaired) electrons. The minimum atomic E-state index is 0.0325. The Morgan fingerprint density at radius 2 is 2.19 bits per heavy atom. The fourth-order valence-corrected chi connectivity index (χ4v) is 2.85. The summed E-state index contributed by atoms with van der Waals surface area (Å²) >= 11 is 0. The number of fused-ring (bicyclic) bond motifs is 1. The van der Waals surface area contributed by atoms with Crippen molar-refractivity contribution in [1.82, 2.24) is 20.1 Å². The van der Waals surface area contributed by atoms with E-state index in [2.05, 4.69) is 20.7 Å². The molecule has 0 bridgehead atoms. The van der Waals surface area contributed by atoms with Gasteiger partial charge in [0.15, 0.2) is 11.4 Å². The van der Waals surface area contributed by atoms with Gasteiger partial charge in [-0.1, -0.05) is 0 Å². The molecule has 112 valence electrons. The molecular formula is C15H21N5O. The summed E-state index contributed by atoms with van der Waals surface area (Å²) in [5.41, 5.74) is 2.37. The summed E-state index contributed by atoms with van der Waals surface area (Å²) in [4.78, 5) is 16.3. The Balaban J connectivity index is 2.05. The number of aromatic nitrogens is 3. The van der Waals surface area contributed by atoms with Crippen LogP contribution in [0, 0.1) is 0 Å². The number of anilines is 1. The fraction of sp³-hybridized carbons (Fsp3) is 0.533. The van der Waals surface area contributed by atoms with Gasteiger partial charge in [0, 0.05) is 18.8 Å². The van der Waals surface area contributed by atoms with E-state index in [0.29, 0.717) is 11.6 Å². The van der Waals surface area contributed by atoms with Crippen LogP contribution in [0.4, 0.5) is 5.69 Å². The molecule has 1 aliphatic heterocycles. The predicted octanol–water partition coefficient (Wildman–Crippen LogP) is 1.82. The van der Waals surface area contributed by atoms with Gasteiger partial charge in [0.2, 0.25) is 0 Å². The molecule has 0 amide bonds. The van der Waals surface area contributed by atoms with Crippen LogP contribution in [0.1, 0.15) is 37.0 Å². The number of carbonyl (C=O) groups is 1. The zero-order valence-corrected chi connectivity index (χ0v) is 12.5. The first-order chi connectivity index (χ1) is 10.2. The van der Waals surface area contributed by atoms with Crippen LogP contribution >= 0.6 is 0 Å². The Morgan fingerprint density at radius 3 is 2.86 bits per heavy atom. The van der Waals surface area contributed by atoms with Crippen LogP contribution in [-0.2, 0) is 6.54 Å². The highest BCUT2D eigenvalue weighted by molar-refractivity contribution is 6.06. The lowest BCUT2D eigenvalue weighted by atomic mass is 10.0. The maximum Gasteiger partial charge on any atom is 0.163 e. The number of hydrogen-bond acceptors (Lipinski definition) is 5. The highest BCUT2D eigenvalue weighted by Crippen LogP contribution is 2.28. The first kappa shape index (κ1) is 14.0. The van der Waals surface area contributed by atoms with E-state index in [9.17, 15) is 4.79 Å². The lowest BCUT2D eigenvalue weighted by Gasteiger charge is -2.25. The molecule has 3 heterocycles. The molecule has 1 saturated heterocycles. The summed E-state index contributed by atoms with van der Waals surface area (Å²) in [7, 11) is 0. The topological polar surface area (TPSA) is 71.8 Å². The minimum Gasteiger partial charge on any atom is -0.381 e. The van der Waals surface area contributed by atoms with Gasteiger partial charge in [0.05, 0.1) is 22.8 Å². The van der Waals surface area contributed by atoms with Crippen molar-refractivity contribution in [3.8, 4) is 0 Å². The molecular weight excluding hydrogens is 266 g/mol. The molecule has 1 fully saturated rings. The number of piperidine rings is 1. The van der Waals surface area contributed by atoms with E-state index in [0.717, 1.165) is 49.2 Å². The van der Waals surface area contributed by atoms with Crippen LogP contribution in [0.5, 0.6) is 0 Å². The second kappa shape index (κ2) is 5.81. The van der Waals surface area contributed by atoms with Crippen molar-refractivity contribution in [3.05, 3.63) is 18.0 Å². The Morgan fingerprint density at radius 1 is 1.43 bits per heavy atom. The summed E-state index contributed by atoms with van der Waals surface area (Å²) in [6.07, 6.45) is 5.59. The highest BCUT2D eigenvalue weighted by Gasteiger charge is 2.19. The third-order valence-corrected chi connectivity index (χ3v) is 4.03. The molecule has 2 aromatic heterocycles. The molecule has 0 atom stereocenters. The molecule has 3 rings (SSSR count). The van der Waals surface area contributed by atoms with E-state index >= 15 is 0 Å². The first-order valence-electron chi connectivity index (χ1n) is 7.53. The van der Waals surface area contributed by atoms with Gasteiger partial charge in [0.25, 0.3) is 0 Å². The summed E-state index contributed by atoms with van der Waals surface area (Å²) in [5, 5.41) is 12.2. The van der Waals surface area contributed by atoms with Gasteiger partial charge >= 0.3 is 0 Å². The normalized spacial score (nSPS) is 16.3. The van der Waals surface area contributed by atoms with Gasteiger partial charge in [0.1, 0.15) is 0 Å². The second-order valence-electron chi connectivity index (χ2n) is 5.47. The minimum absolute atomic E-state index is 0.0325. The number of ketones is 1. The Kier molecular flexibility index (Phi) is 3.88. The van der Waals surface area contributed by atoms with E-state index in [-0.39, 0.29) is 5.78 Å². The third-order valence-electron chi connectivity index (χ3n) is 4.03. The highest BCUT2D eigenvalue weighted by atomic mass is 16.1. The largest absolute Gasteiger partial charge is 0.381 e. The van der Waals surface area contributed by atoms with E-state index in [4.69, 9.17) is 0 Å². The SMILES string of the molecule is CCn1ncc2c(NC3CCNCC3)c(C(C)=O)cnc21. The molecule has 0 unspecified atom stereocenters. The summed E-state index contributed by atoms with van der Waals surface area (Å²) in [5.74, 6) is 0.0325. The summed E-state index contributed by atoms with van der Waals surface area (Å²) < 4.78 is 1.85. The molecule has 0 saturated carbocycles. The summed E-state index contributed by atoms with van der Waals surface area (Å²) in [6.45, 7) is 6.40. The average Bonchev–Trinajstić information content (AvgIpc) is 2.92. The zero-order chi connectivity index (χ0) is 14.8. The van der Waals surface area contributed by atoms with Gasteiger partial charge in [-0.25, -0.2) is 9.67 Å². The third kappa shape index (κ3) is 2.63. The Bertz CT molecular complexity index is 657. The van der Waals surface area contributed by atoms with Crippen LogP contribution in [-0.4, -0.2) is 39.7 Å². The van der Waals surface area contributed by atoms with E-state index in [1.54, 1.807) is 13.1 Å². The van der Waals surface area contributed by atoms with Gasteiger partial charge in [-0.3, -0.25) is 4.79 Å². The predicted molar refractivity (Wildman–Crippen MR) is 82.7 cm³/mol. The van der Waals surface area contributed by atoms with Crippen LogP contribution in [0.15, 0.2) is 12.4 Å². The number of rotatable bonds is 4. The van der Waals surface area contributed by atoms with Gasteiger partial charge < -0.3 is 10.6 Å². The molecule has 6 nitrogen and oxygen atoms in total. The monoisotopic (exact) mass is 287 g/mol. The van der Waals surface area contributed by atoms with Crippen molar-refractivity contribution in [3.63, 3.8) is 0 Å². The lowest BCUT2D eigenvalue weighted by molar-refractivity contribution is 0.101. The van der Waals surface area contributed by atoms with Gasteiger partial charge in [-0.05, 0) is 39.8 Å². The number of Topliss-reactive ketones (excluding diaryl/α,β-unsaturated/α-hetero) is 1. The maximum atomic E-state index is 11.9. The fourth-order valence-electron chi connectivity index (χ4n) is 2.85. The van der Waals surface area contributed by atoms with Crippen molar-refractivity contribution >= 4 is 22.5 Å². The number of carbonyl (C=O) groups excluding carboxylic acids is 1. The average molecular weight is 287 g/mol. The Hall–Kier alpha value is -1.95. The molecule has 0 aliphatic carbocycles. The zero-order valence-electron chi connectivity index (χ0n) is 12.5. The van der Waals surface area contributed by atoms with Crippen molar-refractivity contribution in [2.75, 3.05) is 18.4 Å². The molecule has 6 heteroatoms. The van der Waals surface area contributed by atoms with Gasteiger partial charge in [-0.15, -0.1) is 0 Å². The standard InChI is InChI=1S/C15H21N5O/c1-3-20-15-13(9-18-20)14(12(8-17-15)10(2)21)19-11-4-6-16-7-5-11/h8-9,11,16H,3-7H2,1-2H3,(H,17,19). The van der Waals surface area contributed by atoms with Crippen molar-refractivity contribution in [1.29, 1.82) is 0 Å². The molecule has 2 N–H and O–H groups in total. The van der Waals surface area contributed by atoms with Crippen molar-refractivity contribution in [2.24, 2.45) is 0 Å². The van der Waals surface area contributed by atoms with Gasteiger partial charge in [-0.2, -0.15) is 5.10 Å². The number of nitrogens with zero attached hydrogens (tertiary/aromatic N) is 3. The van der Waals surface area contributed by atoms with Crippen molar-refractivity contribution in [2.45, 2.75) is 39.3 Å². The molecule has 21 heavy (non-hydrogen) atoms. The molecule has 1 aliphatic rings. The van der Waals surface area contributed by atoms with Crippen LogP contribution in [0.2, 0.25) is 0 Å². The van der Waals surface area contributed by atoms with E-state index in [1.165, 1.54) is 0 Å². The smallest absolute Gasteiger partial charge is 0.163 e. The number of nitrogens with one attached hydrogen (secondary N) is 2.